The van der Waals surface area contributed by atoms with E-state index < -0.39 is 0 Å². The van der Waals surface area contributed by atoms with Crippen LogP contribution in [0.25, 0.3) is 55.3 Å². The smallest absolute Gasteiger partial charge is 0.135 e. The van der Waals surface area contributed by atoms with E-state index in [1.807, 2.05) is 12.1 Å². The fourth-order valence-electron chi connectivity index (χ4n) is 6.96. The number of rotatable bonds is 6. The van der Waals surface area contributed by atoms with E-state index in [1.54, 1.807) is 0 Å². The van der Waals surface area contributed by atoms with Crippen molar-refractivity contribution < 1.29 is 4.74 Å². The van der Waals surface area contributed by atoms with Crippen molar-refractivity contribution in [3.8, 4) is 56.0 Å². The van der Waals surface area contributed by atoms with Gasteiger partial charge in [0, 0.05) is 28.0 Å². The Morgan fingerprint density at radius 3 is 1.52 bits per heavy atom. The van der Waals surface area contributed by atoms with Gasteiger partial charge in [0.2, 0.25) is 0 Å². The molecular formula is C46H31NO. The standard InChI is InChI=1S/C46H31NO/c1-3-11-32(12-4-1)34-21-25-37(26-22-34)47(38-27-23-35(24-28-38)33-13-5-2-6-14-33)39-16-9-15-36(31-39)40-29-30-45-46-42(40)18-10-19-43(46)41-17-7-8-20-44(41)48-45/h1-31H. The van der Waals surface area contributed by atoms with E-state index in [2.05, 4.69) is 181 Å². The minimum Gasteiger partial charge on any atom is -0.456 e. The summed E-state index contributed by atoms with van der Waals surface area (Å²) < 4.78 is 6.39. The number of para-hydroxylation sites is 1. The summed E-state index contributed by atoms with van der Waals surface area (Å²) in [7, 11) is 0. The first kappa shape index (κ1) is 27.9. The van der Waals surface area contributed by atoms with E-state index in [0.29, 0.717) is 0 Å². The van der Waals surface area contributed by atoms with Crippen LogP contribution in [0.5, 0.6) is 11.5 Å². The predicted octanol–water partition coefficient (Wildman–Crippen LogP) is 13.1. The average molecular weight is 614 g/mol. The zero-order chi connectivity index (χ0) is 31.9. The molecule has 0 amide bonds. The lowest BCUT2D eigenvalue weighted by molar-refractivity contribution is 0.487. The van der Waals surface area contributed by atoms with Gasteiger partial charge in [-0.05, 0) is 92.9 Å². The summed E-state index contributed by atoms with van der Waals surface area (Å²) in [5.41, 5.74) is 12.8. The molecule has 8 aromatic rings. The molecule has 8 aromatic carbocycles. The number of hydrogen-bond acceptors (Lipinski definition) is 2. The van der Waals surface area contributed by atoms with Crippen LogP contribution in [0.2, 0.25) is 0 Å². The van der Waals surface area contributed by atoms with Gasteiger partial charge in [-0.15, -0.1) is 0 Å². The normalized spacial score (nSPS) is 11.5. The van der Waals surface area contributed by atoms with Gasteiger partial charge in [0.25, 0.3) is 0 Å². The Kier molecular flexibility index (Phi) is 6.84. The molecule has 0 saturated carbocycles. The molecule has 0 aromatic heterocycles. The van der Waals surface area contributed by atoms with Gasteiger partial charge in [0.15, 0.2) is 0 Å². The van der Waals surface area contributed by atoms with Gasteiger partial charge in [0.05, 0.1) is 0 Å². The SMILES string of the molecule is c1ccc(-c2ccc(N(c3ccc(-c4ccccc4)cc3)c3cccc(-c4ccc5c6c(cccc46)-c4ccccc4O5)c3)cc2)cc1. The van der Waals surface area contributed by atoms with Gasteiger partial charge in [-0.25, -0.2) is 0 Å². The van der Waals surface area contributed by atoms with E-state index in [1.165, 1.54) is 38.8 Å². The molecule has 0 bridgehead atoms. The summed E-state index contributed by atoms with van der Waals surface area (Å²) in [5.74, 6) is 1.80. The van der Waals surface area contributed by atoms with Gasteiger partial charge in [-0.2, -0.15) is 0 Å². The first-order valence-corrected chi connectivity index (χ1v) is 16.3. The molecule has 0 atom stereocenters. The molecule has 9 rings (SSSR count). The van der Waals surface area contributed by atoms with Crippen LogP contribution >= 0.6 is 0 Å². The van der Waals surface area contributed by atoms with Gasteiger partial charge >= 0.3 is 0 Å². The van der Waals surface area contributed by atoms with E-state index in [4.69, 9.17) is 4.74 Å². The van der Waals surface area contributed by atoms with E-state index >= 15 is 0 Å². The van der Waals surface area contributed by atoms with Crippen LogP contribution in [0.15, 0.2) is 188 Å². The molecule has 0 radical (unpaired) electrons. The topological polar surface area (TPSA) is 12.5 Å². The summed E-state index contributed by atoms with van der Waals surface area (Å²) in [6.45, 7) is 0. The molecule has 1 aliphatic heterocycles. The van der Waals surface area contributed by atoms with Crippen LogP contribution in [0, 0.1) is 0 Å². The maximum atomic E-state index is 6.39. The number of ether oxygens (including phenoxy) is 1. The molecule has 1 aliphatic rings. The molecule has 48 heavy (non-hydrogen) atoms. The molecule has 0 spiro atoms. The highest BCUT2D eigenvalue weighted by atomic mass is 16.5. The van der Waals surface area contributed by atoms with Gasteiger partial charge in [0.1, 0.15) is 11.5 Å². The summed E-state index contributed by atoms with van der Waals surface area (Å²) in [4.78, 5) is 2.34. The van der Waals surface area contributed by atoms with Crippen molar-refractivity contribution in [1.29, 1.82) is 0 Å². The van der Waals surface area contributed by atoms with Crippen molar-refractivity contribution >= 4 is 27.8 Å². The molecule has 0 fully saturated rings. The molecule has 0 N–H and O–H groups in total. The van der Waals surface area contributed by atoms with Crippen LogP contribution in [0.3, 0.4) is 0 Å². The molecule has 0 aliphatic carbocycles. The Labute approximate surface area is 280 Å². The second kappa shape index (κ2) is 11.8. The summed E-state index contributed by atoms with van der Waals surface area (Å²) in [6, 6.07) is 66.9. The third-order valence-corrected chi connectivity index (χ3v) is 9.28. The lowest BCUT2D eigenvalue weighted by atomic mass is 9.90. The Morgan fingerprint density at radius 1 is 0.312 bits per heavy atom. The zero-order valence-corrected chi connectivity index (χ0v) is 26.3. The largest absolute Gasteiger partial charge is 0.456 e. The predicted molar refractivity (Wildman–Crippen MR) is 200 cm³/mol. The van der Waals surface area contributed by atoms with Crippen LogP contribution in [0.1, 0.15) is 0 Å². The number of benzene rings is 8. The Balaban J connectivity index is 1.16. The van der Waals surface area contributed by atoms with Crippen LogP contribution in [-0.2, 0) is 0 Å². The number of fused-ring (bicyclic) bond motifs is 2. The highest BCUT2D eigenvalue weighted by Crippen LogP contribution is 2.49. The molecule has 0 unspecified atom stereocenters. The Bertz CT molecular complexity index is 2310. The average Bonchev–Trinajstić information content (AvgIpc) is 3.17. The van der Waals surface area contributed by atoms with Gasteiger partial charge < -0.3 is 9.64 Å². The monoisotopic (exact) mass is 613 g/mol. The minimum absolute atomic E-state index is 0.901. The zero-order valence-electron chi connectivity index (χ0n) is 26.3. The van der Waals surface area contributed by atoms with Crippen LogP contribution < -0.4 is 9.64 Å². The minimum atomic E-state index is 0.901. The fraction of sp³-hybridized carbons (Fsp3) is 0. The van der Waals surface area contributed by atoms with Crippen LogP contribution in [-0.4, -0.2) is 0 Å². The van der Waals surface area contributed by atoms with Crippen molar-refractivity contribution in [2.24, 2.45) is 0 Å². The van der Waals surface area contributed by atoms with Crippen molar-refractivity contribution in [3.63, 3.8) is 0 Å². The molecule has 2 nitrogen and oxygen atoms in total. The molecule has 0 saturated heterocycles. The van der Waals surface area contributed by atoms with E-state index in [0.717, 1.165) is 45.1 Å². The molecule has 226 valence electrons. The van der Waals surface area contributed by atoms with Gasteiger partial charge in [-0.3, -0.25) is 0 Å². The van der Waals surface area contributed by atoms with Crippen molar-refractivity contribution in [3.05, 3.63) is 188 Å². The highest BCUT2D eigenvalue weighted by molar-refractivity contribution is 6.10. The summed E-state index contributed by atoms with van der Waals surface area (Å²) >= 11 is 0. The molecular weight excluding hydrogens is 583 g/mol. The number of anilines is 3. The maximum Gasteiger partial charge on any atom is 0.135 e. The first-order chi connectivity index (χ1) is 23.8. The van der Waals surface area contributed by atoms with E-state index in [9.17, 15) is 0 Å². The fourth-order valence-corrected chi connectivity index (χ4v) is 6.96. The third-order valence-electron chi connectivity index (χ3n) is 9.28. The van der Waals surface area contributed by atoms with E-state index in [-0.39, 0.29) is 0 Å². The third kappa shape index (κ3) is 4.92. The first-order valence-electron chi connectivity index (χ1n) is 16.3. The lowest BCUT2D eigenvalue weighted by Crippen LogP contribution is -2.10. The van der Waals surface area contributed by atoms with Crippen molar-refractivity contribution in [1.82, 2.24) is 0 Å². The van der Waals surface area contributed by atoms with Crippen molar-refractivity contribution in [2.75, 3.05) is 4.90 Å². The second-order valence-electron chi connectivity index (χ2n) is 12.1. The quantitative estimate of drug-likeness (QED) is 0.185. The lowest BCUT2D eigenvalue weighted by Gasteiger charge is -2.27. The van der Waals surface area contributed by atoms with Crippen molar-refractivity contribution in [2.45, 2.75) is 0 Å². The number of nitrogens with zero attached hydrogens (tertiary/aromatic N) is 1. The second-order valence-corrected chi connectivity index (χ2v) is 12.1. The number of hydrogen-bond donors (Lipinski definition) is 0. The Hall–Kier alpha value is -6.38. The summed E-state index contributed by atoms with van der Waals surface area (Å²) in [5, 5.41) is 2.34. The molecule has 1 heterocycles. The highest BCUT2D eigenvalue weighted by Gasteiger charge is 2.22. The summed E-state index contributed by atoms with van der Waals surface area (Å²) in [6.07, 6.45) is 0. The van der Waals surface area contributed by atoms with Crippen LogP contribution in [0.4, 0.5) is 17.1 Å². The Morgan fingerprint density at radius 2 is 0.854 bits per heavy atom. The van der Waals surface area contributed by atoms with Gasteiger partial charge in [-0.1, -0.05) is 140 Å². The maximum absolute atomic E-state index is 6.39. The molecule has 2 heteroatoms.